The topological polar surface area (TPSA) is 27.6 Å². The highest BCUT2D eigenvalue weighted by molar-refractivity contribution is 5.97. The predicted molar refractivity (Wildman–Crippen MR) is 73.4 cm³/mol. The van der Waals surface area contributed by atoms with Gasteiger partial charge in [-0.2, -0.15) is 0 Å². The number of hydrogen-bond acceptors (Lipinski definition) is 3. The zero-order chi connectivity index (χ0) is 13.0. The highest BCUT2D eigenvalue weighted by atomic mass is 19.1. The van der Waals surface area contributed by atoms with Crippen molar-refractivity contribution in [2.24, 2.45) is 10.9 Å². The fourth-order valence-corrected chi connectivity index (χ4v) is 2.05. The van der Waals surface area contributed by atoms with E-state index in [4.69, 9.17) is 0 Å². The molecule has 2 aliphatic rings. The fourth-order valence-electron chi connectivity index (χ4n) is 2.05. The molecule has 3 nitrogen and oxygen atoms in total. The van der Waals surface area contributed by atoms with Crippen LogP contribution >= 0.6 is 0 Å². The van der Waals surface area contributed by atoms with Crippen molar-refractivity contribution >= 4 is 5.71 Å². The molecule has 2 aliphatic heterocycles. The molecule has 0 saturated heterocycles. The molecular formula is C14H20FN3. The second-order valence-corrected chi connectivity index (χ2v) is 4.98. The summed E-state index contributed by atoms with van der Waals surface area (Å²) in [5.74, 6) is 0.459. The molecule has 1 N–H and O–H groups in total. The molecule has 4 heteroatoms. The van der Waals surface area contributed by atoms with Crippen LogP contribution in [0.4, 0.5) is 4.39 Å². The van der Waals surface area contributed by atoms with Gasteiger partial charge >= 0.3 is 0 Å². The number of halogens is 1. The minimum Gasteiger partial charge on any atom is -0.373 e. The van der Waals surface area contributed by atoms with Crippen LogP contribution in [0.15, 0.2) is 40.8 Å². The third kappa shape index (κ3) is 3.81. The molecule has 1 atom stereocenters. The monoisotopic (exact) mass is 249 g/mol. The molecule has 2 rings (SSSR count). The molecule has 18 heavy (non-hydrogen) atoms. The van der Waals surface area contributed by atoms with E-state index in [0.717, 1.165) is 24.4 Å². The van der Waals surface area contributed by atoms with Crippen LogP contribution in [-0.4, -0.2) is 43.8 Å². The van der Waals surface area contributed by atoms with E-state index in [1.807, 2.05) is 18.1 Å². The lowest BCUT2D eigenvalue weighted by molar-refractivity contribution is 0.425. The van der Waals surface area contributed by atoms with Gasteiger partial charge in [-0.15, -0.1) is 0 Å². The second-order valence-electron chi connectivity index (χ2n) is 4.98. The molecule has 0 aliphatic carbocycles. The van der Waals surface area contributed by atoms with E-state index in [0.29, 0.717) is 19.0 Å². The summed E-state index contributed by atoms with van der Waals surface area (Å²) < 4.78 is 13.2. The van der Waals surface area contributed by atoms with Crippen LogP contribution in [0.3, 0.4) is 0 Å². The molecule has 0 radical (unpaired) electrons. The van der Waals surface area contributed by atoms with E-state index >= 15 is 0 Å². The van der Waals surface area contributed by atoms with Crippen molar-refractivity contribution in [3.05, 3.63) is 35.8 Å². The first-order chi connectivity index (χ1) is 8.63. The molecule has 0 fully saturated rings. The number of hydrogen-bond donors (Lipinski definition) is 1. The van der Waals surface area contributed by atoms with Crippen molar-refractivity contribution in [1.82, 2.24) is 10.2 Å². The Hall–Kier alpha value is -1.42. The molecule has 2 heterocycles. The van der Waals surface area contributed by atoms with E-state index < -0.39 is 0 Å². The smallest absolute Gasteiger partial charge is 0.120 e. The van der Waals surface area contributed by atoms with Crippen molar-refractivity contribution in [3.63, 3.8) is 0 Å². The summed E-state index contributed by atoms with van der Waals surface area (Å²) in [5.41, 5.74) is 2.04. The van der Waals surface area contributed by atoms with E-state index in [2.05, 4.69) is 29.4 Å². The zero-order valence-electron chi connectivity index (χ0n) is 11.0. The van der Waals surface area contributed by atoms with Gasteiger partial charge in [0.25, 0.3) is 0 Å². The number of aliphatic imine (C=N–C) groups is 1. The van der Waals surface area contributed by atoms with Gasteiger partial charge in [-0.05, 0) is 23.6 Å². The first kappa shape index (κ1) is 13.0. The van der Waals surface area contributed by atoms with Gasteiger partial charge in [-0.3, -0.25) is 4.99 Å². The largest absolute Gasteiger partial charge is 0.373 e. The number of likely N-dealkylation sites (N-methyl/N-ethyl adjacent to an activating group) is 1. The number of rotatable bonds is 4. The van der Waals surface area contributed by atoms with Gasteiger partial charge in [0.05, 0.1) is 6.54 Å². The molecule has 0 saturated carbocycles. The van der Waals surface area contributed by atoms with Crippen molar-refractivity contribution in [1.29, 1.82) is 0 Å². The maximum Gasteiger partial charge on any atom is 0.120 e. The maximum absolute atomic E-state index is 13.2. The van der Waals surface area contributed by atoms with Crippen LogP contribution < -0.4 is 5.32 Å². The molecule has 0 aromatic carbocycles. The van der Waals surface area contributed by atoms with Crippen LogP contribution in [0.1, 0.15) is 6.92 Å². The first-order valence-electron chi connectivity index (χ1n) is 6.33. The summed E-state index contributed by atoms with van der Waals surface area (Å²) in [5, 5.41) is 3.29. The molecule has 0 amide bonds. The fraction of sp³-hybridized carbons (Fsp3) is 0.500. The Morgan fingerprint density at radius 3 is 3.00 bits per heavy atom. The molecule has 0 bridgehead atoms. The summed E-state index contributed by atoms with van der Waals surface area (Å²) >= 11 is 0. The van der Waals surface area contributed by atoms with Gasteiger partial charge in [0.1, 0.15) is 5.83 Å². The Balaban J connectivity index is 1.78. The third-order valence-corrected chi connectivity index (χ3v) is 2.96. The second kappa shape index (κ2) is 5.96. The minimum atomic E-state index is -0.0828. The lowest BCUT2D eigenvalue weighted by Gasteiger charge is -2.20. The highest BCUT2D eigenvalue weighted by Gasteiger charge is 2.09. The Kier molecular flexibility index (Phi) is 4.31. The van der Waals surface area contributed by atoms with Crippen LogP contribution in [0, 0.1) is 5.92 Å². The maximum atomic E-state index is 13.2. The molecule has 0 aromatic rings. The summed E-state index contributed by atoms with van der Waals surface area (Å²) in [6.45, 7) is 4.80. The number of dihydropyridines is 1. The molecule has 0 spiro atoms. The normalized spacial score (nSPS) is 23.6. The van der Waals surface area contributed by atoms with Crippen molar-refractivity contribution in [2.75, 3.05) is 33.2 Å². The number of nitrogens with one attached hydrogen (secondary N) is 1. The average molecular weight is 249 g/mol. The van der Waals surface area contributed by atoms with Gasteiger partial charge in [-0.1, -0.05) is 13.0 Å². The van der Waals surface area contributed by atoms with E-state index in [9.17, 15) is 4.39 Å². The predicted octanol–water partition coefficient (Wildman–Crippen LogP) is 1.91. The Bertz CT molecular complexity index is 421. The van der Waals surface area contributed by atoms with E-state index in [1.54, 1.807) is 6.08 Å². The lowest BCUT2D eigenvalue weighted by Crippen LogP contribution is -2.27. The van der Waals surface area contributed by atoms with Crippen molar-refractivity contribution in [3.8, 4) is 0 Å². The van der Waals surface area contributed by atoms with Gasteiger partial charge in [0, 0.05) is 38.6 Å². The van der Waals surface area contributed by atoms with Crippen LogP contribution in [0.5, 0.6) is 0 Å². The van der Waals surface area contributed by atoms with Gasteiger partial charge in [0.2, 0.25) is 0 Å². The Labute approximate surface area is 108 Å². The van der Waals surface area contributed by atoms with Crippen LogP contribution in [0.2, 0.25) is 0 Å². The van der Waals surface area contributed by atoms with Gasteiger partial charge in [-0.25, -0.2) is 4.39 Å². The summed E-state index contributed by atoms with van der Waals surface area (Å²) in [4.78, 5) is 6.32. The Morgan fingerprint density at radius 2 is 2.33 bits per heavy atom. The highest BCUT2D eigenvalue weighted by Crippen LogP contribution is 2.12. The third-order valence-electron chi connectivity index (χ3n) is 2.96. The SMILES string of the molecule is CC1C=CC(CNCC2=CN(C)CC(F)=C2)=NC1. The van der Waals surface area contributed by atoms with Crippen LogP contribution in [0.25, 0.3) is 0 Å². The summed E-state index contributed by atoms with van der Waals surface area (Å²) in [7, 11) is 1.88. The summed E-state index contributed by atoms with van der Waals surface area (Å²) in [6, 6.07) is 0. The molecule has 1 unspecified atom stereocenters. The van der Waals surface area contributed by atoms with Crippen LogP contribution in [-0.2, 0) is 0 Å². The van der Waals surface area contributed by atoms with Gasteiger partial charge < -0.3 is 10.2 Å². The van der Waals surface area contributed by atoms with E-state index in [-0.39, 0.29) is 5.83 Å². The van der Waals surface area contributed by atoms with Crippen molar-refractivity contribution < 1.29 is 4.39 Å². The standard InChI is InChI=1S/C14H20FN3/c1-11-3-4-14(17-6-11)8-16-7-12-5-13(15)10-18(2)9-12/h3-5,9,11,16H,6-8,10H2,1-2H3. The average Bonchev–Trinajstić information content (AvgIpc) is 2.30. The molecule has 0 aromatic heterocycles. The zero-order valence-corrected chi connectivity index (χ0v) is 11.0. The first-order valence-corrected chi connectivity index (χ1v) is 6.33. The minimum absolute atomic E-state index is 0.0828. The quantitative estimate of drug-likeness (QED) is 0.824. The lowest BCUT2D eigenvalue weighted by atomic mass is 10.1. The summed E-state index contributed by atoms with van der Waals surface area (Å²) in [6.07, 6.45) is 7.82. The van der Waals surface area contributed by atoms with Crippen molar-refractivity contribution in [2.45, 2.75) is 6.92 Å². The Morgan fingerprint density at radius 1 is 1.50 bits per heavy atom. The molecule has 98 valence electrons. The molecular weight excluding hydrogens is 229 g/mol. The number of nitrogens with zero attached hydrogens (tertiary/aromatic N) is 2. The van der Waals surface area contributed by atoms with Gasteiger partial charge in [0.15, 0.2) is 0 Å². The van der Waals surface area contributed by atoms with E-state index in [1.165, 1.54) is 0 Å².